The molecule has 0 amide bonds. The van der Waals surface area contributed by atoms with E-state index in [-0.39, 0.29) is 0 Å². The number of nitrogens with one attached hydrogen (secondary N) is 1. The summed E-state index contributed by atoms with van der Waals surface area (Å²) >= 11 is 9.48. The van der Waals surface area contributed by atoms with Crippen molar-refractivity contribution in [2.75, 3.05) is 0 Å². The van der Waals surface area contributed by atoms with Crippen LogP contribution in [0.25, 0.3) is 0 Å². The third-order valence-electron chi connectivity index (χ3n) is 3.04. The van der Waals surface area contributed by atoms with E-state index in [1.165, 1.54) is 11.1 Å². The SMILES string of the molecule is CC(Cc1ccccc1)NCc1ccc(Cl)cc1Br. The first-order valence-corrected chi connectivity index (χ1v) is 7.53. The minimum Gasteiger partial charge on any atom is -0.310 e. The zero-order valence-corrected chi connectivity index (χ0v) is 13.2. The Labute approximate surface area is 128 Å². The standard InChI is InChI=1S/C16H17BrClN/c1-12(9-13-5-3-2-4-6-13)19-11-14-7-8-15(18)10-16(14)17/h2-8,10,12,19H,9,11H2,1H3. The maximum atomic E-state index is 5.94. The number of benzene rings is 2. The summed E-state index contributed by atoms with van der Waals surface area (Å²) in [4.78, 5) is 0. The van der Waals surface area contributed by atoms with Gasteiger partial charge in [-0.25, -0.2) is 0 Å². The summed E-state index contributed by atoms with van der Waals surface area (Å²) in [6, 6.07) is 16.9. The van der Waals surface area contributed by atoms with Gasteiger partial charge in [0.15, 0.2) is 0 Å². The molecule has 1 nitrogen and oxygen atoms in total. The van der Waals surface area contributed by atoms with Gasteiger partial charge >= 0.3 is 0 Å². The van der Waals surface area contributed by atoms with Crippen LogP contribution in [-0.4, -0.2) is 6.04 Å². The second-order valence-corrected chi connectivity index (χ2v) is 6.00. The molecule has 3 heteroatoms. The minimum absolute atomic E-state index is 0.435. The maximum absolute atomic E-state index is 5.94. The van der Waals surface area contributed by atoms with Gasteiger partial charge in [0.2, 0.25) is 0 Å². The highest BCUT2D eigenvalue weighted by molar-refractivity contribution is 9.10. The second-order valence-electron chi connectivity index (χ2n) is 4.71. The summed E-state index contributed by atoms with van der Waals surface area (Å²) in [5.41, 5.74) is 2.59. The summed E-state index contributed by atoms with van der Waals surface area (Å²) in [7, 11) is 0. The number of hydrogen-bond donors (Lipinski definition) is 1. The van der Waals surface area contributed by atoms with E-state index in [0.717, 1.165) is 22.5 Å². The molecule has 1 unspecified atom stereocenters. The lowest BCUT2D eigenvalue weighted by Crippen LogP contribution is -2.27. The molecule has 19 heavy (non-hydrogen) atoms. The molecule has 1 atom stereocenters. The Kier molecular flexibility index (Phi) is 5.44. The molecule has 0 aromatic heterocycles. The molecule has 0 saturated carbocycles. The van der Waals surface area contributed by atoms with Crippen LogP contribution in [0.3, 0.4) is 0 Å². The molecule has 0 aliphatic carbocycles. The molecule has 1 N–H and O–H groups in total. The Morgan fingerprint density at radius 3 is 2.58 bits per heavy atom. The van der Waals surface area contributed by atoms with Crippen LogP contribution in [0.15, 0.2) is 53.0 Å². The van der Waals surface area contributed by atoms with Crippen LogP contribution in [0.2, 0.25) is 5.02 Å². The quantitative estimate of drug-likeness (QED) is 0.824. The Morgan fingerprint density at radius 2 is 1.89 bits per heavy atom. The van der Waals surface area contributed by atoms with E-state index in [2.05, 4.69) is 58.5 Å². The highest BCUT2D eigenvalue weighted by Gasteiger charge is 2.05. The topological polar surface area (TPSA) is 12.0 Å². The first-order chi connectivity index (χ1) is 9.15. The third-order valence-corrected chi connectivity index (χ3v) is 4.01. The fourth-order valence-corrected chi connectivity index (χ4v) is 2.81. The normalized spacial score (nSPS) is 12.4. The zero-order chi connectivity index (χ0) is 13.7. The average molecular weight is 339 g/mol. The Hall–Kier alpha value is -0.830. The van der Waals surface area contributed by atoms with Crippen molar-refractivity contribution in [2.45, 2.75) is 25.9 Å². The minimum atomic E-state index is 0.435. The van der Waals surface area contributed by atoms with Gasteiger partial charge in [0.25, 0.3) is 0 Å². The van der Waals surface area contributed by atoms with Gasteiger partial charge in [-0.05, 0) is 36.6 Å². The predicted molar refractivity (Wildman–Crippen MR) is 85.6 cm³/mol. The van der Waals surface area contributed by atoms with E-state index in [1.807, 2.05) is 18.2 Å². The van der Waals surface area contributed by atoms with Crippen molar-refractivity contribution in [3.8, 4) is 0 Å². The van der Waals surface area contributed by atoms with Crippen LogP contribution < -0.4 is 5.32 Å². The lowest BCUT2D eigenvalue weighted by molar-refractivity contribution is 0.545. The highest BCUT2D eigenvalue weighted by atomic mass is 79.9. The van der Waals surface area contributed by atoms with Crippen molar-refractivity contribution in [2.24, 2.45) is 0 Å². The van der Waals surface area contributed by atoms with Gasteiger partial charge in [0, 0.05) is 22.1 Å². The van der Waals surface area contributed by atoms with Crippen molar-refractivity contribution in [1.82, 2.24) is 5.32 Å². The summed E-state index contributed by atoms with van der Waals surface area (Å²) in [5, 5.41) is 4.29. The van der Waals surface area contributed by atoms with Crippen molar-refractivity contribution in [3.05, 3.63) is 69.2 Å². The van der Waals surface area contributed by atoms with Crippen molar-refractivity contribution in [1.29, 1.82) is 0 Å². The highest BCUT2D eigenvalue weighted by Crippen LogP contribution is 2.21. The average Bonchev–Trinajstić information content (AvgIpc) is 2.39. The van der Waals surface area contributed by atoms with E-state index in [0.29, 0.717) is 6.04 Å². The fourth-order valence-electron chi connectivity index (χ4n) is 1.99. The van der Waals surface area contributed by atoms with E-state index in [4.69, 9.17) is 11.6 Å². The lowest BCUT2D eigenvalue weighted by atomic mass is 10.1. The molecule has 0 saturated heterocycles. The van der Waals surface area contributed by atoms with Crippen LogP contribution in [-0.2, 0) is 13.0 Å². The van der Waals surface area contributed by atoms with E-state index in [9.17, 15) is 0 Å². The van der Waals surface area contributed by atoms with Gasteiger partial charge in [-0.3, -0.25) is 0 Å². The van der Waals surface area contributed by atoms with E-state index >= 15 is 0 Å². The summed E-state index contributed by atoms with van der Waals surface area (Å²) in [6.07, 6.45) is 1.03. The number of halogens is 2. The zero-order valence-electron chi connectivity index (χ0n) is 10.9. The van der Waals surface area contributed by atoms with Crippen LogP contribution >= 0.6 is 27.5 Å². The fraction of sp³-hybridized carbons (Fsp3) is 0.250. The predicted octanol–water partition coefficient (Wildman–Crippen LogP) is 4.82. The van der Waals surface area contributed by atoms with Crippen molar-refractivity contribution >= 4 is 27.5 Å². The molecule has 0 heterocycles. The molecule has 0 aliphatic rings. The van der Waals surface area contributed by atoms with Crippen LogP contribution in [0.1, 0.15) is 18.1 Å². The molecule has 0 fully saturated rings. The summed E-state index contributed by atoms with van der Waals surface area (Å²) in [5.74, 6) is 0. The Bertz CT molecular complexity index is 528. The molecule has 0 radical (unpaired) electrons. The first-order valence-electron chi connectivity index (χ1n) is 6.36. The molecular weight excluding hydrogens is 322 g/mol. The van der Waals surface area contributed by atoms with Crippen LogP contribution in [0, 0.1) is 0 Å². The van der Waals surface area contributed by atoms with Gasteiger partial charge in [0.1, 0.15) is 0 Å². The maximum Gasteiger partial charge on any atom is 0.0417 e. The van der Waals surface area contributed by atoms with Gasteiger partial charge < -0.3 is 5.32 Å². The Morgan fingerprint density at radius 1 is 1.16 bits per heavy atom. The lowest BCUT2D eigenvalue weighted by Gasteiger charge is -2.14. The number of rotatable bonds is 5. The summed E-state index contributed by atoms with van der Waals surface area (Å²) in [6.45, 7) is 3.04. The summed E-state index contributed by atoms with van der Waals surface area (Å²) < 4.78 is 1.06. The molecular formula is C16H17BrClN. The third kappa shape index (κ3) is 4.64. The largest absolute Gasteiger partial charge is 0.310 e. The molecule has 2 rings (SSSR count). The molecule has 0 aliphatic heterocycles. The van der Waals surface area contributed by atoms with Crippen molar-refractivity contribution < 1.29 is 0 Å². The van der Waals surface area contributed by atoms with E-state index in [1.54, 1.807) is 0 Å². The van der Waals surface area contributed by atoms with Gasteiger partial charge in [0.05, 0.1) is 0 Å². The molecule has 100 valence electrons. The second kappa shape index (κ2) is 7.09. The molecule has 0 bridgehead atoms. The number of hydrogen-bond acceptors (Lipinski definition) is 1. The van der Waals surface area contributed by atoms with Crippen LogP contribution in [0.5, 0.6) is 0 Å². The Balaban J connectivity index is 1.88. The van der Waals surface area contributed by atoms with Crippen LogP contribution in [0.4, 0.5) is 0 Å². The van der Waals surface area contributed by atoms with Crippen molar-refractivity contribution in [3.63, 3.8) is 0 Å². The van der Waals surface area contributed by atoms with E-state index < -0.39 is 0 Å². The molecule has 2 aromatic carbocycles. The van der Waals surface area contributed by atoms with Gasteiger partial charge in [-0.2, -0.15) is 0 Å². The smallest absolute Gasteiger partial charge is 0.0417 e. The monoisotopic (exact) mass is 337 g/mol. The first kappa shape index (κ1) is 14.6. The van der Waals surface area contributed by atoms with Gasteiger partial charge in [-0.15, -0.1) is 0 Å². The molecule has 0 spiro atoms. The molecule has 2 aromatic rings. The van der Waals surface area contributed by atoms with Gasteiger partial charge in [-0.1, -0.05) is 63.9 Å².